The number of carbonyl (C=O) groups excluding carboxylic acids is 4. The molecule has 0 amide bonds. The van der Waals surface area contributed by atoms with Gasteiger partial charge in [0.15, 0.2) is 0 Å². The van der Waals surface area contributed by atoms with E-state index >= 15 is 0 Å². The molecular formula is C27H49NNa4O6. The Morgan fingerprint density at radius 2 is 0.895 bits per heavy atom. The van der Waals surface area contributed by atoms with Crippen molar-refractivity contribution in [1.82, 2.24) is 0 Å². The van der Waals surface area contributed by atoms with Gasteiger partial charge in [-0.2, -0.15) is 0 Å². The quantitative estimate of drug-likeness (QED) is 0.0693. The Balaban J connectivity index is -0.000000907. The first-order valence-corrected chi connectivity index (χ1v) is 12.9. The maximum absolute atomic E-state index is 11.9. The number of rotatable bonds is 22. The fourth-order valence-electron chi connectivity index (χ4n) is 3.39. The van der Waals surface area contributed by atoms with Crippen LogP contribution in [0, 0.1) is 0 Å². The topological polar surface area (TPSA) is 113 Å². The van der Waals surface area contributed by atoms with Crippen LogP contribution in [-0.2, 0) is 28.7 Å². The first-order valence-electron chi connectivity index (χ1n) is 12.9. The summed E-state index contributed by atoms with van der Waals surface area (Å²) < 4.78 is 9.51. The molecule has 0 aliphatic carbocycles. The average molecular weight is 576 g/mol. The molecule has 0 radical (unpaired) electrons. The molecule has 0 aromatic heterocycles. The molecule has 2 N–H and O–H groups in total. The van der Waals surface area contributed by atoms with Crippen LogP contribution < -0.4 is 5.73 Å². The third kappa shape index (κ3) is 33.9. The summed E-state index contributed by atoms with van der Waals surface area (Å²) in [6.07, 6.45) is 18.0. The first-order chi connectivity index (χ1) is 16.4. The molecule has 0 unspecified atom stereocenters. The molecule has 0 aliphatic rings. The molecule has 0 aromatic rings. The van der Waals surface area contributed by atoms with E-state index in [1.807, 2.05) is 12.2 Å². The summed E-state index contributed by atoms with van der Waals surface area (Å²) in [5.41, 5.74) is 5.70. The van der Waals surface area contributed by atoms with Crippen molar-refractivity contribution < 1.29 is 28.7 Å². The third-order valence-electron chi connectivity index (χ3n) is 5.48. The Morgan fingerprint density at radius 3 is 1.32 bits per heavy atom. The van der Waals surface area contributed by atoms with Crippen molar-refractivity contribution in [2.75, 3.05) is 0 Å². The van der Waals surface area contributed by atoms with Crippen LogP contribution in [-0.4, -0.2) is 148 Å². The van der Waals surface area contributed by atoms with Gasteiger partial charge in [0.2, 0.25) is 0 Å². The summed E-state index contributed by atoms with van der Waals surface area (Å²) in [5.74, 6) is -2.76. The van der Waals surface area contributed by atoms with Gasteiger partial charge in [0.25, 0.3) is 0 Å². The fraction of sp³-hybridized carbons (Fsp3) is 0.704. The monoisotopic (exact) mass is 575 g/mol. The van der Waals surface area contributed by atoms with Crippen molar-refractivity contribution in [3.63, 3.8) is 0 Å². The van der Waals surface area contributed by atoms with E-state index in [-0.39, 0.29) is 144 Å². The zero-order chi connectivity index (χ0) is 25.4. The van der Waals surface area contributed by atoms with Crippen molar-refractivity contribution in [2.24, 2.45) is 5.73 Å². The van der Waals surface area contributed by atoms with E-state index in [0.717, 1.165) is 77.0 Å². The van der Waals surface area contributed by atoms with Gasteiger partial charge in [-0.05, 0) is 44.9 Å². The summed E-state index contributed by atoms with van der Waals surface area (Å²) in [6, 6.07) is -1.11. The zero-order valence-electron chi connectivity index (χ0n) is 20.9. The molecule has 0 saturated heterocycles. The second-order valence-electron chi connectivity index (χ2n) is 8.68. The summed E-state index contributed by atoms with van der Waals surface area (Å²) >= 11 is 0. The number of allylic oxidation sites excluding steroid dienone is 2. The molecule has 0 aliphatic heterocycles. The van der Waals surface area contributed by atoms with Gasteiger partial charge in [0.05, 0.1) is 0 Å². The van der Waals surface area contributed by atoms with E-state index in [2.05, 4.69) is 13.2 Å². The van der Waals surface area contributed by atoms with Gasteiger partial charge in [-0.1, -0.05) is 63.5 Å². The van der Waals surface area contributed by atoms with E-state index in [9.17, 15) is 19.2 Å². The molecule has 0 heterocycles. The molecule has 1 atom stereocenters. The molecule has 0 bridgehead atoms. The van der Waals surface area contributed by atoms with Crippen molar-refractivity contribution in [3.8, 4) is 0 Å². The van der Waals surface area contributed by atoms with Crippen molar-refractivity contribution in [2.45, 2.75) is 122 Å². The predicted molar refractivity (Wildman–Crippen MR) is 162 cm³/mol. The van der Waals surface area contributed by atoms with Gasteiger partial charge in [0.1, 0.15) is 6.04 Å². The Labute approximate surface area is 319 Å². The van der Waals surface area contributed by atoms with Crippen LogP contribution in [0.5, 0.6) is 0 Å². The Morgan fingerprint density at radius 1 is 0.553 bits per heavy atom. The van der Waals surface area contributed by atoms with E-state index < -0.39 is 29.9 Å². The number of unbranched alkanes of at least 4 members (excludes halogenated alkanes) is 12. The molecule has 0 aromatic carbocycles. The third-order valence-corrected chi connectivity index (χ3v) is 5.48. The predicted octanol–water partition coefficient (Wildman–Crippen LogP) is 3.25. The second kappa shape index (κ2) is 36.7. The molecule has 0 fully saturated rings. The zero-order valence-corrected chi connectivity index (χ0v) is 20.9. The molecule has 0 spiro atoms. The van der Waals surface area contributed by atoms with E-state index in [4.69, 9.17) is 15.2 Å². The average Bonchev–Trinajstić information content (AvgIpc) is 2.80. The molecule has 0 saturated carbocycles. The van der Waals surface area contributed by atoms with Gasteiger partial charge in [0, 0.05) is 19.3 Å². The van der Waals surface area contributed by atoms with Crippen molar-refractivity contribution in [3.05, 3.63) is 25.3 Å². The molecule has 0 rings (SSSR count). The minimum absolute atomic E-state index is 0. The SMILES string of the molecule is C=CCCCCCCCCC(=O)OC(=O)CC[C@H](N)C(=O)OC(=O)CCCCCCCCC=C.[NaH].[NaH].[NaH].[NaH]. The van der Waals surface area contributed by atoms with Gasteiger partial charge in [-0.3, -0.25) is 14.4 Å². The van der Waals surface area contributed by atoms with Crippen LogP contribution in [0.3, 0.4) is 0 Å². The molecule has 202 valence electrons. The van der Waals surface area contributed by atoms with E-state index in [1.165, 1.54) is 0 Å². The molecule has 38 heavy (non-hydrogen) atoms. The molecule has 7 nitrogen and oxygen atoms in total. The standard InChI is InChI=1S/C27H45NO6.4Na.4H/c1-3-5-7-9-11-13-15-17-19-24(29)33-26(31)22-21-23(28)27(32)34-25(30)20-18-16-14-12-10-8-6-4-2;;;;;;;;/h3-4,23H,1-2,5-22,28H2;;;;;;;;/t23-;;;;;;;;/m0......../s1. The van der Waals surface area contributed by atoms with Crippen molar-refractivity contribution >= 4 is 142 Å². The number of hydrogen-bond donors (Lipinski definition) is 1. The Bertz CT molecular complexity index is 635. The first kappa shape index (κ1) is 49.4. The number of carbonyl (C=O) groups is 4. The summed E-state index contributed by atoms with van der Waals surface area (Å²) in [4.78, 5) is 47.2. The summed E-state index contributed by atoms with van der Waals surface area (Å²) in [5, 5.41) is 0. The number of esters is 4. The van der Waals surface area contributed by atoms with Gasteiger partial charge in [-0.15, -0.1) is 13.2 Å². The summed E-state index contributed by atoms with van der Waals surface area (Å²) in [7, 11) is 0. The Hall–Kier alpha value is 1.72. The Kier molecular flexibility index (Phi) is 47.8. The normalized spacial score (nSPS) is 10.2. The van der Waals surface area contributed by atoms with Crippen molar-refractivity contribution in [1.29, 1.82) is 0 Å². The second-order valence-corrected chi connectivity index (χ2v) is 8.68. The van der Waals surface area contributed by atoms with E-state index in [1.54, 1.807) is 0 Å². The number of nitrogens with two attached hydrogens (primary N) is 1. The van der Waals surface area contributed by atoms with E-state index in [0.29, 0.717) is 12.8 Å². The molecular weight excluding hydrogens is 526 g/mol. The fourth-order valence-corrected chi connectivity index (χ4v) is 3.39. The summed E-state index contributed by atoms with van der Waals surface area (Å²) in [6.45, 7) is 7.38. The van der Waals surface area contributed by atoms with Crippen LogP contribution in [0.15, 0.2) is 25.3 Å². The number of ether oxygens (including phenoxy) is 2. The maximum atomic E-state index is 11.9. The van der Waals surface area contributed by atoms with Crippen LogP contribution in [0.25, 0.3) is 0 Å². The number of hydrogen-bond acceptors (Lipinski definition) is 7. The van der Waals surface area contributed by atoms with Crippen LogP contribution >= 0.6 is 0 Å². The van der Waals surface area contributed by atoms with Crippen LogP contribution in [0.1, 0.15) is 116 Å². The van der Waals surface area contributed by atoms with Crippen LogP contribution in [0.4, 0.5) is 0 Å². The van der Waals surface area contributed by atoms with Gasteiger partial charge < -0.3 is 15.2 Å². The van der Waals surface area contributed by atoms with Gasteiger partial charge >= 0.3 is 142 Å². The molecule has 11 heteroatoms. The minimum atomic E-state index is -1.11. The van der Waals surface area contributed by atoms with Crippen LogP contribution in [0.2, 0.25) is 0 Å². The van der Waals surface area contributed by atoms with Gasteiger partial charge in [-0.25, -0.2) is 4.79 Å².